The van der Waals surface area contributed by atoms with Crippen LogP contribution in [0.25, 0.3) is 10.2 Å². The second-order valence-corrected chi connectivity index (χ2v) is 7.93. The van der Waals surface area contributed by atoms with Gasteiger partial charge in [-0.2, -0.15) is 0 Å². The van der Waals surface area contributed by atoms with Gasteiger partial charge in [0.2, 0.25) is 0 Å². The van der Waals surface area contributed by atoms with Crippen LogP contribution >= 0.6 is 27.3 Å². The number of alkyl halides is 1. The molecule has 0 radical (unpaired) electrons. The van der Waals surface area contributed by atoms with Crippen LogP contribution in [0.4, 0.5) is 0 Å². The highest BCUT2D eigenvalue weighted by Gasteiger charge is 2.28. The van der Waals surface area contributed by atoms with Crippen LogP contribution in [0, 0.1) is 11.8 Å². The van der Waals surface area contributed by atoms with Crippen LogP contribution in [0.2, 0.25) is 0 Å². The Balaban J connectivity index is 1.75. The summed E-state index contributed by atoms with van der Waals surface area (Å²) in [6, 6.07) is 8.48. The van der Waals surface area contributed by atoms with Gasteiger partial charge in [-0.3, -0.25) is 0 Å². The Kier molecular flexibility index (Phi) is 4.23. The number of nitrogens with zero attached hydrogens (tertiary/aromatic N) is 1. The van der Waals surface area contributed by atoms with Gasteiger partial charge >= 0.3 is 0 Å². The SMILES string of the molecule is CCC1CCC(Br)C(Cc2nc3ccccc3s2)C1. The van der Waals surface area contributed by atoms with E-state index in [0.717, 1.165) is 23.8 Å². The molecule has 1 saturated carbocycles. The summed E-state index contributed by atoms with van der Waals surface area (Å²) >= 11 is 5.76. The highest BCUT2D eigenvalue weighted by atomic mass is 79.9. The fourth-order valence-electron chi connectivity index (χ4n) is 3.14. The van der Waals surface area contributed by atoms with E-state index in [-0.39, 0.29) is 0 Å². The lowest BCUT2D eigenvalue weighted by molar-refractivity contribution is 0.271. The third-order valence-corrected chi connectivity index (χ3v) is 6.61. The molecule has 1 aromatic carbocycles. The van der Waals surface area contributed by atoms with Crippen molar-refractivity contribution in [3.63, 3.8) is 0 Å². The first-order valence-corrected chi connectivity index (χ1v) is 8.98. The largest absolute Gasteiger partial charge is 0.241 e. The van der Waals surface area contributed by atoms with Gasteiger partial charge in [-0.05, 0) is 43.2 Å². The van der Waals surface area contributed by atoms with Crippen molar-refractivity contribution in [1.29, 1.82) is 0 Å². The van der Waals surface area contributed by atoms with Crippen LogP contribution in [0.1, 0.15) is 37.6 Å². The van der Waals surface area contributed by atoms with Gasteiger partial charge in [-0.1, -0.05) is 41.4 Å². The zero-order valence-corrected chi connectivity index (χ0v) is 13.7. The van der Waals surface area contributed by atoms with Gasteiger partial charge in [0.1, 0.15) is 0 Å². The fraction of sp³-hybridized carbons (Fsp3) is 0.562. The molecular formula is C16H20BrNS. The van der Waals surface area contributed by atoms with Gasteiger partial charge in [0.05, 0.1) is 15.2 Å². The molecule has 102 valence electrons. The van der Waals surface area contributed by atoms with Gasteiger partial charge in [0, 0.05) is 11.2 Å². The van der Waals surface area contributed by atoms with Crippen molar-refractivity contribution in [3.05, 3.63) is 29.3 Å². The molecule has 19 heavy (non-hydrogen) atoms. The van der Waals surface area contributed by atoms with Gasteiger partial charge in [0.15, 0.2) is 0 Å². The number of hydrogen-bond acceptors (Lipinski definition) is 2. The summed E-state index contributed by atoms with van der Waals surface area (Å²) < 4.78 is 1.33. The summed E-state index contributed by atoms with van der Waals surface area (Å²) in [5, 5.41) is 1.31. The quantitative estimate of drug-likeness (QED) is 0.680. The van der Waals surface area contributed by atoms with Crippen molar-refractivity contribution in [2.45, 2.75) is 43.9 Å². The Morgan fingerprint density at radius 2 is 2.16 bits per heavy atom. The molecule has 3 rings (SSSR count). The number of thiazole rings is 1. The Bertz CT molecular complexity index is 517. The summed E-state index contributed by atoms with van der Waals surface area (Å²) in [4.78, 5) is 5.47. The second-order valence-electron chi connectivity index (χ2n) is 5.64. The van der Waals surface area contributed by atoms with E-state index in [1.165, 1.54) is 35.4 Å². The second kappa shape index (κ2) is 5.92. The van der Waals surface area contributed by atoms with E-state index >= 15 is 0 Å². The molecule has 0 bridgehead atoms. The standard InChI is InChI=1S/C16H20BrNS/c1-2-11-7-8-13(17)12(9-11)10-16-18-14-5-3-4-6-15(14)19-16/h3-6,11-13H,2,7-10H2,1H3. The first-order valence-electron chi connectivity index (χ1n) is 7.24. The van der Waals surface area contributed by atoms with Crippen LogP contribution < -0.4 is 0 Å². The van der Waals surface area contributed by atoms with E-state index in [4.69, 9.17) is 4.98 Å². The van der Waals surface area contributed by atoms with Crippen LogP contribution in [0.5, 0.6) is 0 Å². The lowest BCUT2D eigenvalue weighted by Gasteiger charge is -2.32. The Hall–Kier alpha value is -0.410. The van der Waals surface area contributed by atoms with Crippen molar-refractivity contribution in [2.75, 3.05) is 0 Å². The Labute approximate surface area is 127 Å². The monoisotopic (exact) mass is 337 g/mol. The van der Waals surface area contributed by atoms with E-state index < -0.39 is 0 Å². The number of benzene rings is 1. The van der Waals surface area contributed by atoms with Gasteiger partial charge < -0.3 is 0 Å². The fourth-order valence-corrected chi connectivity index (χ4v) is 4.87. The minimum absolute atomic E-state index is 0.683. The number of para-hydroxylation sites is 1. The highest BCUT2D eigenvalue weighted by Crippen LogP contribution is 2.38. The van der Waals surface area contributed by atoms with Crippen LogP contribution in [-0.4, -0.2) is 9.81 Å². The van der Waals surface area contributed by atoms with Crippen LogP contribution in [-0.2, 0) is 6.42 Å². The van der Waals surface area contributed by atoms with E-state index in [0.29, 0.717) is 4.83 Å². The maximum absolute atomic E-state index is 4.79. The first-order chi connectivity index (χ1) is 9.26. The lowest BCUT2D eigenvalue weighted by Crippen LogP contribution is -2.26. The molecule has 0 saturated heterocycles. The lowest BCUT2D eigenvalue weighted by atomic mass is 9.79. The number of halogens is 1. The molecule has 1 nitrogen and oxygen atoms in total. The minimum Gasteiger partial charge on any atom is -0.241 e. The molecule has 1 aliphatic carbocycles. The molecule has 1 aromatic heterocycles. The number of hydrogen-bond donors (Lipinski definition) is 0. The van der Waals surface area contributed by atoms with Crippen molar-refractivity contribution in [1.82, 2.24) is 4.98 Å². The smallest absolute Gasteiger partial charge is 0.0941 e. The molecule has 1 aliphatic rings. The van der Waals surface area contributed by atoms with E-state index in [2.05, 4.69) is 47.1 Å². The normalized spacial score (nSPS) is 27.8. The molecule has 3 heteroatoms. The third kappa shape index (κ3) is 3.03. The summed E-state index contributed by atoms with van der Waals surface area (Å²) in [5.41, 5.74) is 1.16. The van der Waals surface area contributed by atoms with Crippen molar-refractivity contribution < 1.29 is 0 Å². The molecule has 3 unspecified atom stereocenters. The molecule has 0 N–H and O–H groups in total. The average molecular weight is 338 g/mol. The van der Waals surface area contributed by atoms with Crippen LogP contribution in [0.15, 0.2) is 24.3 Å². The van der Waals surface area contributed by atoms with Crippen molar-refractivity contribution in [2.24, 2.45) is 11.8 Å². The number of fused-ring (bicyclic) bond motifs is 1. The topological polar surface area (TPSA) is 12.9 Å². The predicted octanol–water partition coefficient (Wildman–Crippen LogP) is 5.43. The molecular weight excluding hydrogens is 318 g/mol. The summed E-state index contributed by atoms with van der Waals surface area (Å²) in [5.74, 6) is 1.69. The number of aromatic nitrogens is 1. The zero-order chi connectivity index (χ0) is 13.2. The minimum atomic E-state index is 0.683. The molecule has 0 amide bonds. The van der Waals surface area contributed by atoms with Gasteiger partial charge in [0.25, 0.3) is 0 Å². The molecule has 1 fully saturated rings. The van der Waals surface area contributed by atoms with Crippen molar-refractivity contribution >= 4 is 37.5 Å². The summed E-state index contributed by atoms with van der Waals surface area (Å²) in [6.45, 7) is 2.33. The Morgan fingerprint density at radius 3 is 2.95 bits per heavy atom. The predicted molar refractivity (Wildman–Crippen MR) is 87.2 cm³/mol. The van der Waals surface area contributed by atoms with E-state index in [9.17, 15) is 0 Å². The first kappa shape index (κ1) is 13.6. The van der Waals surface area contributed by atoms with Gasteiger partial charge in [-0.25, -0.2) is 4.98 Å². The molecule has 0 aliphatic heterocycles. The zero-order valence-electron chi connectivity index (χ0n) is 11.3. The Morgan fingerprint density at radius 1 is 1.32 bits per heavy atom. The van der Waals surface area contributed by atoms with E-state index in [1.807, 2.05) is 11.3 Å². The van der Waals surface area contributed by atoms with Crippen LogP contribution in [0.3, 0.4) is 0 Å². The summed E-state index contributed by atoms with van der Waals surface area (Å²) in [7, 11) is 0. The van der Waals surface area contributed by atoms with Gasteiger partial charge in [-0.15, -0.1) is 11.3 Å². The molecule has 1 heterocycles. The highest BCUT2D eigenvalue weighted by molar-refractivity contribution is 9.09. The third-order valence-electron chi connectivity index (χ3n) is 4.35. The summed E-state index contributed by atoms with van der Waals surface area (Å²) in [6.07, 6.45) is 6.56. The molecule has 2 aromatic rings. The molecule has 0 spiro atoms. The van der Waals surface area contributed by atoms with Crippen molar-refractivity contribution in [3.8, 4) is 0 Å². The maximum atomic E-state index is 4.79. The average Bonchev–Trinajstić information content (AvgIpc) is 2.83. The molecule has 3 atom stereocenters. The maximum Gasteiger partial charge on any atom is 0.0941 e. The van der Waals surface area contributed by atoms with E-state index in [1.54, 1.807) is 0 Å². The number of rotatable bonds is 3.